The lowest BCUT2D eigenvalue weighted by atomic mass is 10.00. The molecule has 6 nitrogen and oxygen atoms in total. The minimum absolute atomic E-state index is 0.0184. The fourth-order valence-electron chi connectivity index (χ4n) is 3.66. The lowest BCUT2D eigenvalue weighted by Gasteiger charge is -2.20. The van der Waals surface area contributed by atoms with Gasteiger partial charge in [0, 0.05) is 17.8 Å². The van der Waals surface area contributed by atoms with E-state index < -0.39 is 17.4 Å². The summed E-state index contributed by atoms with van der Waals surface area (Å²) in [5, 5.41) is 5.39. The van der Waals surface area contributed by atoms with Crippen LogP contribution in [0.4, 0.5) is 10.1 Å². The largest absolute Gasteiger partial charge is 0.460 e. The Morgan fingerprint density at radius 2 is 1.81 bits per heavy atom. The van der Waals surface area contributed by atoms with E-state index in [1.165, 1.54) is 12.1 Å². The van der Waals surface area contributed by atoms with Crippen LogP contribution in [0.15, 0.2) is 67.2 Å². The Morgan fingerprint density at radius 3 is 2.50 bits per heavy atom. The molecular weight excluding hydrogens is 459 g/mol. The summed E-state index contributed by atoms with van der Waals surface area (Å²) < 4.78 is 19.6. The molecule has 2 amide bonds. The maximum Gasteiger partial charge on any atom is 0.310 e. The summed E-state index contributed by atoms with van der Waals surface area (Å²) in [5.74, 6) is -1.24. The highest BCUT2D eigenvalue weighted by Gasteiger charge is 2.19. The van der Waals surface area contributed by atoms with Crippen LogP contribution in [0.1, 0.15) is 47.8 Å². The Morgan fingerprint density at radius 1 is 1.03 bits per heavy atom. The van der Waals surface area contributed by atoms with Gasteiger partial charge in [-0.3, -0.25) is 14.4 Å². The zero-order valence-corrected chi connectivity index (χ0v) is 20.6. The molecule has 7 heteroatoms. The molecular formula is C29H29FN2O4. The Hall–Kier alpha value is -4.26. The molecule has 2 N–H and O–H groups in total. The highest BCUT2D eigenvalue weighted by molar-refractivity contribution is 6.05. The molecule has 0 spiro atoms. The zero-order valence-electron chi connectivity index (χ0n) is 20.6. The molecule has 0 radical (unpaired) electrons. The minimum atomic E-state index is -0.628. The molecule has 186 valence electrons. The van der Waals surface area contributed by atoms with Crippen LogP contribution < -0.4 is 10.6 Å². The van der Waals surface area contributed by atoms with Crippen molar-refractivity contribution < 1.29 is 23.5 Å². The Labute approximate surface area is 210 Å². The molecule has 3 aromatic carbocycles. The molecule has 0 aliphatic heterocycles. The third kappa shape index (κ3) is 7.37. The van der Waals surface area contributed by atoms with Gasteiger partial charge in [-0.25, -0.2) is 4.39 Å². The van der Waals surface area contributed by atoms with E-state index in [2.05, 4.69) is 17.2 Å². The standard InChI is InChI=1S/C29H29FN2O4/c1-5-19-9-10-26(24(11-19)16-27(34)36-29(2,3)4)32-28(35)22-8-6-7-21(14-22)23-12-20(17-31-18-33)13-25(30)15-23/h5-15,18H,1,16-17H2,2-4H3,(H,31,33)(H,32,35). The van der Waals surface area contributed by atoms with E-state index in [4.69, 9.17) is 4.74 Å². The van der Waals surface area contributed by atoms with Crippen LogP contribution in [0, 0.1) is 5.82 Å². The molecule has 3 aromatic rings. The van der Waals surface area contributed by atoms with Crippen LogP contribution in [0.3, 0.4) is 0 Å². The van der Waals surface area contributed by atoms with Crippen molar-refractivity contribution in [2.45, 2.75) is 39.3 Å². The topological polar surface area (TPSA) is 84.5 Å². The fraction of sp³-hybridized carbons (Fsp3) is 0.207. The molecule has 0 aliphatic carbocycles. The van der Waals surface area contributed by atoms with Gasteiger partial charge < -0.3 is 15.4 Å². The third-order valence-electron chi connectivity index (χ3n) is 5.17. The first kappa shape index (κ1) is 26.3. The number of carbonyl (C=O) groups excluding carboxylic acids is 3. The fourth-order valence-corrected chi connectivity index (χ4v) is 3.66. The monoisotopic (exact) mass is 488 g/mol. The summed E-state index contributed by atoms with van der Waals surface area (Å²) in [4.78, 5) is 36.2. The van der Waals surface area contributed by atoms with Gasteiger partial charge in [0.2, 0.25) is 6.41 Å². The normalized spacial score (nSPS) is 10.9. The summed E-state index contributed by atoms with van der Waals surface area (Å²) in [5.41, 5.74) is 3.44. The molecule has 36 heavy (non-hydrogen) atoms. The predicted molar refractivity (Wildman–Crippen MR) is 139 cm³/mol. The van der Waals surface area contributed by atoms with Gasteiger partial charge in [0.15, 0.2) is 0 Å². The van der Waals surface area contributed by atoms with Crippen LogP contribution in [-0.2, 0) is 27.3 Å². The number of rotatable bonds is 9. The minimum Gasteiger partial charge on any atom is -0.460 e. The van der Waals surface area contributed by atoms with Crippen molar-refractivity contribution in [3.63, 3.8) is 0 Å². The number of esters is 1. The third-order valence-corrected chi connectivity index (χ3v) is 5.17. The lowest BCUT2D eigenvalue weighted by molar-refractivity contribution is -0.153. The van der Waals surface area contributed by atoms with E-state index in [0.29, 0.717) is 39.9 Å². The van der Waals surface area contributed by atoms with Crippen molar-refractivity contribution in [2.24, 2.45) is 0 Å². The van der Waals surface area contributed by atoms with Crippen molar-refractivity contribution in [1.82, 2.24) is 5.32 Å². The van der Waals surface area contributed by atoms with Crippen LogP contribution in [0.5, 0.6) is 0 Å². The molecule has 0 saturated carbocycles. The number of ether oxygens (including phenoxy) is 1. The van der Waals surface area contributed by atoms with Crippen molar-refractivity contribution in [3.05, 3.63) is 95.3 Å². The van der Waals surface area contributed by atoms with Crippen LogP contribution in [-0.4, -0.2) is 23.9 Å². The number of halogens is 1. The SMILES string of the molecule is C=Cc1ccc(NC(=O)c2cccc(-c3cc(F)cc(CNC=O)c3)c2)c(CC(=O)OC(C)(C)C)c1. The number of nitrogens with one attached hydrogen (secondary N) is 2. The second-order valence-corrected chi connectivity index (χ2v) is 9.27. The summed E-state index contributed by atoms with van der Waals surface area (Å²) in [6.45, 7) is 9.33. The highest BCUT2D eigenvalue weighted by atomic mass is 19.1. The number of hydrogen-bond acceptors (Lipinski definition) is 4. The van der Waals surface area contributed by atoms with Crippen molar-refractivity contribution in [3.8, 4) is 11.1 Å². The number of carbonyl (C=O) groups is 3. The van der Waals surface area contributed by atoms with Gasteiger partial charge in [-0.15, -0.1) is 0 Å². The summed E-state index contributed by atoms with van der Waals surface area (Å²) in [7, 11) is 0. The molecule has 0 bridgehead atoms. The van der Waals surface area contributed by atoms with Gasteiger partial charge in [0.25, 0.3) is 5.91 Å². The van der Waals surface area contributed by atoms with E-state index >= 15 is 0 Å². The Balaban J connectivity index is 1.86. The molecule has 0 heterocycles. The number of amides is 2. The van der Waals surface area contributed by atoms with E-state index in [1.54, 1.807) is 75.4 Å². The summed E-state index contributed by atoms with van der Waals surface area (Å²) >= 11 is 0. The van der Waals surface area contributed by atoms with Gasteiger partial charge in [-0.05, 0) is 91.1 Å². The first-order valence-electron chi connectivity index (χ1n) is 11.4. The lowest BCUT2D eigenvalue weighted by Crippen LogP contribution is -2.25. The first-order chi connectivity index (χ1) is 17.1. The number of benzene rings is 3. The van der Waals surface area contributed by atoms with Crippen LogP contribution >= 0.6 is 0 Å². The molecule has 0 unspecified atom stereocenters. The Kier molecular flexibility index (Phi) is 8.38. The van der Waals surface area contributed by atoms with Gasteiger partial charge in [0.1, 0.15) is 11.4 Å². The molecule has 3 rings (SSSR count). The number of hydrogen-bond donors (Lipinski definition) is 2. The predicted octanol–water partition coefficient (Wildman–Crippen LogP) is 5.52. The maximum atomic E-state index is 14.2. The van der Waals surface area contributed by atoms with Gasteiger partial charge in [-0.2, -0.15) is 0 Å². The quantitative estimate of drug-likeness (QED) is 0.307. The van der Waals surface area contributed by atoms with Crippen molar-refractivity contribution >= 4 is 30.0 Å². The second-order valence-electron chi connectivity index (χ2n) is 9.27. The first-order valence-corrected chi connectivity index (χ1v) is 11.4. The highest BCUT2D eigenvalue weighted by Crippen LogP contribution is 2.25. The van der Waals surface area contributed by atoms with Crippen LogP contribution in [0.25, 0.3) is 17.2 Å². The van der Waals surface area contributed by atoms with Gasteiger partial charge in [0.05, 0.1) is 6.42 Å². The molecule has 0 aliphatic rings. The maximum absolute atomic E-state index is 14.2. The second kappa shape index (κ2) is 11.4. The summed E-state index contributed by atoms with van der Waals surface area (Å²) in [6, 6.07) is 16.6. The molecule has 0 atom stereocenters. The molecule has 0 aromatic heterocycles. The molecule has 0 fully saturated rings. The van der Waals surface area contributed by atoms with E-state index in [-0.39, 0.29) is 18.9 Å². The number of anilines is 1. The zero-order chi connectivity index (χ0) is 26.3. The van der Waals surface area contributed by atoms with E-state index in [9.17, 15) is 18.8 Å². The van der Waals surface area contributed by atoms with Crippen molar-refractivity contribution in [1.29, 1.82) is 0 Å². The Bertz CT molecular complexity index is 1290. The van der Waals surface area contributed by atoms with E-state index in [1.807, 2.05) is 0 Å². The van der Waals surface area contributed by atoms with E-state index in [0.717, 1.165) is 5.56 Å². The van der Waals surface area contributed by atoms with Gasteiger partial charge >= 0.3 is 5.97 Å². The van der Waals surface area contributed by atoms with Gasteiger partial charge in [-0.1, -0.05) is 30.9 Å². The average Bonchev–Trinajstić information content (AvgIpc) is 2.82. The van der Waals surface area contributed by atoms with Crippen molar-refractivity contribution in [2.75, 3.05) is 5.32 Å². The average molecular weight is 489 g/mol. The van der Waals surface area contributed by atoms with Crippen LogP contribution in [0.2, 0.25) is 0 Å². The smallest absolute Gasteiger partial charge is 0.310 e. The molecule has 0 saturated heterocycles. The summed E-state index contributed by atoms with van der Waals surface area (Å²) in [6.07, 6.45) is 2.19.